The fourth-order valence-electron chi connectivity index (χ4n) is 1.23. The topological polar surface area (TPSA) is 37.8 Å². The van der Waals surface area contributed by atoms with E-state index in [0.29, 0.717) is 12.2 Å². The van der Waals surface area contributed by atoms with Gasteiger partial charge in [0.15, 0.2) is 0 Å². The largest absolute Gasteiger partial charge is 0.389 e. The quantitative estimate of drug-likeness (QED) is 0.858. The highest BCUT2D eigenvalue weighted by Crippen LogP contribution is 2.26. The lowest BCUT2D eigenvalue weighted by atomic mass is 10.1. The lowest BCUT2D eigenvalue weighted by Gasteiger charge is -2.15. The van der Waals surface area contributed by atoms with Crippen LogP contribution in [0.25, 0.3) is 0 Å². The molecule has 0 saturated heterocycles. The Bertz CT molecular complexity index is 273. The molecule has 3 nitrogen and oxygen atoms in total. The Labute approximate surface area is 89.9 Å². The summed E-state index contributed by atoms with van der Waals surface area (Å²) in [7, 11) is 0. The molecule has 0 spiro atoms. The number of hydrogen-bond acceptors (Lipinski definition) is 4. The minimum Gasteiger partial charge on any atom is -0.309 e. The predicted octanol–water partition coefficient (Wildman–Crippen LogP) is 2.53. The molecule has 86 valence electrons. The van der Waals surface area contributed by atoms with Crippen LogP contribution >= 0.6 is 11.5 Å². The van der Waals surface area contributed by atoms with E-state index in [9.17, 15) is 13.2 Å². The maximum atomic E-state index is 12.0. The molecule has 0 aliphatic rings. The first-order chi connectivity index (χ1) is 7.03. The number of rotatable bonds is 5. The highest BCUT2D eigenvalue weighted by Gasteiger charge is 2.29. The van der Waals surface area contributed by atoms with Crippen molar-refractivity contribution in [1.29, 1.82) is 0 Å². The van der Waals surface area contributed by atoms with Crippen LogP contribution in [-0.2, 0) is 0 Å². The fourth-order valence-corrected chi connectivity index (χ4v) is 1.74. The number of hydrogen-bond donors (Lipinski definition) is 1. The summed E-state index contributed by atoms with van der Waals surface area (Å²) in [6, 6.07) is -0.352. The van der Waals surface area contributed by atoms with Gasteiger partial charge in [0, 0.05) is 11.8 Å². The van der Waals surface area contributed by atoms with Crippen molar-refractivity contribution < 1.29 is 13.2 Å². The molecule has 1 aromatic heterocycles. The van der Waals surface area contributed by atoms with Gasteiger partial charge >= 0.3 is 6.18 Å². The molecule has 1 atom stereocenters. The molecule has 0 fully saturated rings. The molecule has 0 bridgehead atoms. The Morgan fingerprint density at radius 1 is 1.53 bits per heavy atom. The van der Waals surface area contributed by atoms with Gasteiger partial charge in [0.1, 0.15) is 0 Å². The van der Waals surface area contributed by atoms with Crippen LogP contribution in [0.15, 0.2) is 5.38 Å². The highest BCUT2D eigenvalue weighted by molar-refractivity contribution is 7.03. The van der Waals surface area contributed by atoms with E-state index in [0.717, 1.165) is 11.5 Å². The normalized spacial score (nSPS) is 14.1. The van der Waals surface area contributed by atoms with Crippen LogP contribution < -0.4 is 5.32 Å². The molecule has 1 aromatic rings. The van der Waals surface area contributed by atoms with E-state index in [1.54, 1.807) is 5.38 Å². The molecule has 0 aliphatic heterocycles. The fraction of sp³-hybridized carbons (Fsp3) is 0.750. The summed E-state index contributed by atoms with van der Waals surface area (Å²) in [5.41, 5.74) is 0.589. The third kappa shape index (κ3) is 4.57. The summed E-state index contributed by atoms with van der Waals surface area (Å²) in [6.07, 6.45) is -4.91. The molecule has 1 unspecified atom stereocenters. The van der Waals surface area contributed by atoms with E-state index in [4.69, 9.17) is 0 Å². The number of alkyl halides is 3. The zero-order valence-electron chi connectivity index (χ0n) is 8.21. The summed E-state index contributed by atoms with van der Waals surface area (Å²) in [6.45, 7) is 2.46. The van der Waals surface area contributed by atoms with Crippen LogP contribution in [0.1, 0.15) is 31.5 Å². The second kappa shape index (κ2) is 5.41. The first-order valence-electron chi connectivity index (χ1n) is 4.60. The van der Waals surface area contributed by atoms with Crippen LogP contribution in [0, 0.1) is 0 Å². The number of halogens is 3. The van der Waals surface area contributed by atoms with Crippen molar-refractivity contribution in [3.8, 4) is 0 Å². The van der Waals surface area contributed by atoms with E-state index < -0.39 is 12.6 Å². The van der Waals surface area contributed by atoms with Gasteiger partial charge in [-0.3, -0.25) is 0 Å². The third-order valence-electron chi connectivity index (χ3n) is 1.90. The Hall–Kier alpha value is -0.690. The van der Waals surface area contributed by atoms with Gasteiger partial charge in [-0.25, -0.2) is 0 Å². The van der Waals surface area contributed by atoms with Gasteiger partial charge in [-0.1, -0.05) is 11.4 Å². The van der Waals surface area contributed by atoms with Crippen molar-refractivity contribution in [1.82, 2.24) is 14.9 Å². The Kier molecular flexibility index (Phi) is 4.46. The minimum atomic E-state index is -4.11. The number of aromatic nitrogens is 2. The summed E-state index contributed by atoms with van der Waals surface area (Å²) < 4.78 is 39.8. The van der Waals surface area contributed by atoms with Crippen LogP contribution in [0.3, 0.4) is 0 Å². The highest BCUT2D eigenvalue weighted by atomic mass is 32.1. The lowest BCUT2D eigenvalue weighted by molar-refractivity contribution is -0.136. The van der Waals surface area contributed by atoms with Gasteiger partial charge in [-0.05, 0) is 24.5 Å². The summed E-state index contributed by atoms with van der Waals surface area (Å²) in [5.74, 6) is 0. The third-order valence-corrected chi connectivity index (χ3v) is 2.42. The second-order valence-corrected chi connectivity index (χ2v) is 3.70. The van der Waals surface area contributed by atoms with Crippen molar-refractivity contribution in [2.45, 2.75) is 32.0 Å². The maximum Gasteiger partial charge on any atom is 0.389 e. The standard InChI is InChI=1S/C8H12F3N3S/c1-2-12-6(3-4-8(9,10)11)7-5-15-14-13-7/h5-6,12H,2-4H2,1H3. The average Bonchev–Trinajstić information content (AvgIpc) is 2.63. The molecule has 0 saturated carbocycles. The van der Waals surface area contributed by atoms with Crippen LogP contribution in [0.5, 0.6) is 0 Å². The van der Waals surface area contributed by atoms with Crippen LogP contribution in [0.2, 0.25) is 0 Å². The summed E-state index contributed by atoms with van der Waals surface area (Å²) >= 11 is 1.14. The van der Waals surface area contributed by atoms with E-state index in [1.165, 1.54) is 0 Å². The van der Waals surface area contributed by atoms with Crippen LogP contribution in [-0.4, -0.2) is 22.3 Å². The minimum absolute atomic E-state index is 0.00273. The van der Waals surface area contributed by atoms with Gasteiger partial charge in [0.05, 0.1) is 11.7 Å². The van der Waals surface area contributed by atoms with Crippen molar-refractivity contribution >= 4 is 11.5 Å². The molecule has 1 heterocycles. The average molecular weight is 239 g/mol. The molecular weight excluding hydrogens is 227 g/mol. The molecule has 1 N–H and O–H groups in total. The van der Waals surface area contributed by atoms with Gasteiger partial charge < -0.3 is 5.32 Å². The predicted molar refractivity (Wildman–Crippen MR) is 51.6 cm³/mol. The maximum absolute atomic E-state index is 12.0. The Morgan fingerprint density at radius 3 is 2.73 bits per heavy atom. The SMILES string of the molecule is CCNC(CCC(F)(F)F)c1csnn1. The van der Waals surface area contributed by atoms with E-state index in [2.05, 4.69) is 14.9 Å². The number of nitrogens with one attached hydrogen (secondary N) is 1. The first kappa shape index (κ1) is 12.4. The zero-order valence-corrected chi connectivity index (χ0v) is 9.03. The zero-order chi connectivity index (χ0) is 11.3. The van der Waals surface area contributed by atoms with Crippen LogP contribution in [0.4, 0.5) is 13.2 Å². The summed E-state index contributed by atoms with van der Waals surface area (Å²) in [4.78, 5) is 0. The first-order valence-corrected chi connectivity index (χ1v) is 5.43. The monoisotopic (exact) mass is 239 g/mol. The summed E-state index contributed by atoms with van der Waals surface area (Å²) in [5, 5.41) is 8.41. The molecule has 1 rings (SSSR count). The van der Waals surface area contributed by atoms with E-state index in [1.807, 2.05) is 6.92 Å². The molecule has 0 radical (unpaired) electrons. The van der Waals surface area contributed by atoms with Gasteiger partial charge in [-0.15, -0.1) is 5.10 Å². The molecule has 0 aromatic carbocycles. The van der Waals surface area contributed by atoms with Crippen molar-refractivity contribution in [3.05, 3.63) is 11.1 Å². The van der Waals surface area contributed by atoms with E-state index in [-0.39, 0.29) is 12.5 Å². The second-order valence-electron chi connectivity index (χ2n) is 3.09. The van der Waals surface area contributed by atoms with Crippen molar-refractivity contribution in [2.75, 3.05) is 6.54 Å². The number of nitrogens with zero attached hydrogens (tertiary/aromatic N) is 2. The molecule has 7 heteroatoms. The van der Waals surface area contributed by atoms with Crippen molar-refractivity contribution in [3.63, 3.8) is 0 Å². The smallest absolute Gasteiger partial charge is 0.309 e. The molecular formula is C8H12F3N3S. The lowest BCUT2D eigenvalue weighted by Crippen LogP contribution is -2.23. The molecule has 0 aliphatic carbocycles. The van der Waals surface area contributed by atoms with Crippen molar-refractivity contribution in [2.24, 2.45) is 0 Å². The Balaban J connectivity index is 2.52. The van der Waals surface area contributed by atoms with Gasteiger partial charge in [-0.2, -0.15) is 13.2 Å². The Morgan fingerprint density at radius 2 is 2.27 bits per heavy atom. The molecule has 15 heavy (non-hydrogen) atoms. The molecule has 0 amide bonds. The van der Waals surface area contributed by atoms with Gasteiger partial charge in [0.25, 0.3) is 0 Å². The van der Waals surface area contributed by atoms with Gasteiger partial charge in [0.2, 0.25) is 0 Å². The van der Waals surface area contributed by atoms with E-state index >= 15 is 0 Å².